The van der Waals surface area contributed by atoms with Crippen molar-refractivity contribution in [2.75, 3.05) is 6.54 Å². The van der Waals surface area contributed by atoms with E-state index in [-0.39, 0.29) is 17.0 Å². The fourth-order valence-corrected chi connectivity index (χ4v) is 2.76. The summed E-state index contributed by atoms with van der Waals surface area (Å²) in [4.78, 5) is 35.1. The summed E-state index contributed by atoms with van der Waals surface area (Å²) in [6, 6.07) is 9.10. The number of nitrogens with two attached hydrogens (primary N) is 1. The Hall–Kier alpha value is -2.74. The average molecular weight is 350 g/mol. The number of benzene rings is 2. The molecule has 124 valence electrons. The summed E-state index contributed by atoms with van der Waals surface area (Å²) in [5.74, 6) is -3.32. The van der Waals surface area contributed by atoms with Crippen LogP contribution in [0.5, 0.6) is 0 Å². The molecule has 24 heavy (non-hydrogen) atoms. The molecule has 2 amide bonds. The quantitative estimate of drug-likeness (QED) is 0.809. The van der Waals surface area contributed by atoms with Crippen LogP contribution in [0.1, 0.15) is 20.7 Å². The van der Waals surface area contributed by atoms with Gasteiger partial charge >= 0.3 is 0 Å². The van der Waals surface area contributed by atoms with Crippen LogP contribution in [0.2, 0.25) is 0 Å². The zero-order valence-corrected chi connectivity index (χ0v) is 13.0. The van der Waals surface area contributed by atoms with E-state index in [1.54, 1.807) is 12.1 Å². The predicted molar refractivity (Wildman–Crippen MR) is 84.5 cm³/mol. The van der Waals surface area contributed by atoms with E-state index in [4.69, 9.17) is 5.73 Å². The fourth-order valence-electron chi connectivity index (χ4n) is 1.85. The third-order valence-electron chi connectivity index (χ3n) is 2.92. The van der Waals surface area contributed by atoms with Crippen LogP contribution in [-0.4, -0.2) is 23.5 Å². The number of hydrogen-bond acceptors (Lipinski definition) is 4. The van der Waals surface area contributed by atoms with E-state index in [9.17, 15) is 23.2 Å². The van der Waals surface area contributed by atoms with E-state index in [0.29, 0.717) is 11.8 Å². The van der Waals surface area contributed by atoms with E-state index in [1.165, 1.54) is 12.1 Å². The first-order valence-electron chi connectivity index (χ1n) is 6.72. The normalized spacial score (nSPS) is 10.2. The van der Waals surface area contributed by atoms with Gasteiger partial charge < -0.3 is 11.1 Å². The number of carbonyl (C=O) groups is 3. The van der Waals surface area contributed by atoms with Crippen LogP contribution in [0.3, 0.4) is 0 Å². The third kappa shape index (κ3) is 4.17. The maximum absolute atomic E-state index is 13.7. The number of nitrogens with one attached hydrogen (secondary N) is 1. The van der Waals surface area contributed by atoms with Gasteiger partial charge in [0.05, 0.1) is 12.1 Å². The highest BCUT2D eigenvalue weighted by atomic mass is 32.2. The summed E-state index contributed by atoms with van der Waals surface area (Å²) in [7, 11) is 0. The van der Waals surface area contributed by atoms with E-state index >= 15 is 0 Å². The molecule has 0 aliphatic carbocycles. The molecule has 2 aromatic carbocycles. The van der Waals surface area contributed by atoms with Crippen molar-refractivity contribution in [1.29, 1.82) is 0 Å². The molecule has 0 radical (unpaired) electrons. The number of halogens is 2. The van der Waals surface area contributed by atoms with Crippen molar-refractivity contribution in [2.24, 2.45) is 5.73 Å². The summed E-state index contributed by atoms with van der Waals surface area (Å²) in [5.41, 5.74) is 4.36. The topological polar surface area (TPSA) is 89.3 Å². The second-order valence-corrected chi connectivity index (χ2v) is 5.65. The number of carbonyl (C=O) groups excluding carboxylic acids is 3. The van der Waals surface area contributed by atoms with Gasteiger partial charge in [-0.25, -0.2) is 8.78 Å². The van der Waals surface area contributed by atoms with Crippen molar-refractivity contribution >= 4 is 28.7 Å². The molecule has 0 bridgehead atoms. The summed E-state index contributed by atoms with van der Waals surface area (Å²) in [5, 5.41) is 1.41. The zero-order valence-electron chi connectivity index (χ0n) is 12.2. The molecule has 2 rings (SSSR count). The largest absolute Gasteiger partial charge is 0.368 e. The molecule has 0 heterocycles. The summed E-state index contributed by atoms with van der Waals surface area (Å²) >= 11 is 0.518. The summed E-state index contributed by atoms with van der Waals surface area (Å²) in [6.45, 7) is -0.367. The van der Waals surface area contributed by atoms with Crippen molar-refractivity contribution in [2.45, 2.75) is 4.90 Å². The Bertz CT molecular complexity index is 791. The van der Waals surface area contributed by atoms with Gasteiger partial charge in [0.1, 0.15) is 17.2 Å². The molecule has 3 N–H and O–H groups in total. The van der Waals surface area contributed by atoms with Crippen LogP contribution in [0, 0.1) is 11.6 Å². The summed E-state index contributed by atoms with van der Waals surface area (Å²) in [6.07, 6.45) is 0. The fraction of sp³-hybridized carbons (Fsp3) is 0.0625. The van der Waals surface area contributed by atoms with Crippen molar-refractivity contribution in [3.8, 4) is 0 Å². The van der Waals surface area contributed by atoms with Crippen molar-refractivity contribution < 1.29 is 23.2 Å². The molecule has 0 atom stereocenters. The first-order chi connectivity index (χ1) is 11.4. The van der Waals surface area contributed by atoms with E-state index in [1.807, 2.05) is 0 Å². The number of hydrogen-bond donors (Lipinski definition) is 2. The van der Waals surface area contributed by atoms with Gasteiger partial charge in [0.15, 0.2) is 0 Å². The standard InChI is InChI=1S/C16H12F2N2O3S/c17-10-5-3-6-11(18)14(10)16(23)24-12-7-2-1-4-9(12)15(22)20-8-13(19)21/h1-7H,8H2,(H2,19,21)(H,20,22). The monoisotopic (exact) mass is 350 g/mol. The minimum atomic E-state index is -0.983. The Balaban J connectivity index is 2.26. The van der Waals surface area contributed by atoms with E-state index < -0.39 is 34.1 Å². The molecular formula is C16H12F2N2O3S. The maximum atomic E-state index is 13.7. The van der Waals surface area contributed by atoms with Crippen molar-refractivity contribution in [3.05, 3.63) is 65.2 Å². The molecule has 0 fully saturated rings. The lowest BCUT2D eigenvalue weighted by molar-refractivity contribution is -0.117. The Morgan fingerprint density at radius 1 is 1.00 bits per heavy atom. The number of rotatable bonds is 5. The predicted octanol–water partition coefficient (Wildman–Crippen LogP) is 2.11. The highest BCUT2D eigenvalue weighted by molar-refractivity contribution is 8.14. The molecule has 2 aromatic rings. The first-order valence-corrected chi connectivity index (χ1v) is 7.53. The SMILES string of the molecule is NC(=O)CNC(=O)c1ccccc1SC(=O)c1c(F)cccc1F. The van der Waals surface area contributed by atoms with Crippen LogP contribution in [-0.2, 0) is 4.79 Å². The lowest BCUT2D eigenvalue weighted by Gasteiger charge is -2.09. The Morgan fingerprint density at radius 3 is 2.25 bits per heavy atom. The van der Waals surface area contributed by atoms with Crippen LogP contribution in [0.4, 0.5) is 8.78 Å². The van der Waals surface area contributed by atoms with Crippen LogP contribution in [0.25, 0.3) is 0 Å². The van der Waals surface area contributed by atoms with Gasteiger partial charge in [-0.1, -0.05) is 18.2 Å². The molecule has 0 aliphatic heterocycles. The molecule has 0 unspecified atom stereocenters. The molecule has 0 spiro atoms. The molecule has 0 aliphatic rings. The molecule has 0 aromatic heterocycles. The van der Waals surface area contributed by atoms with Gasteiger partial charge in [-0.15, -0.1) is 0 Å². The van der Waals surface area contributed by atoms with Gasteiger partial charge in [0.2, 0.25) is 11.0 Å². The Labute approximate surface area is 140 Å². The Kier molecular flexibility index (Phi) is 5.64. The lowest BCUT2D eigenvalue weighted by atomic mass is 10.2. The van der Waals surface area contributed by atoms with Gasteiger partial charge in [0, 0.05) is 4.90 Å². The zero-order chi connectivity index (χ0) is 17.7. The first kappa shape index (κ1) is 17.6. The molecule has 5 nitrogen and oxygen atoms in total. The van der Waals surface area contributed by atoms with Crippen molar-refractivity contribution in [1.82, 2.24) is 5.32 Å². The minimum Gasteiger partial charge on any atom is -0.368 e. The lowest BCUT2D eigenvalue weighted by Crippen LogP contribution is -2.33. The number of primary amides is 1. The molecule has 0 saturated heterocycles. The minimum absolute atomic E-state index is 0.0915. The molecular weight excluding hydrogens is 338 g/mol. The van der Waals surface area contributed by atoms with Crippen LogP contribution < -0.4 is 11.1 Å². The second-order valence-electron chi connectivity index (χ2n) is 4.63. The highest BCUT2D eigenvalue weighted by Crippen LogP contribution is 2.28. The van der Waals surface area contributed by atoms with Crippen molar-refractivity contribution in [3.63, 3.8) is 0 Å². The van der Waals surface area contributed by atoms with E-state index in [2.05, 4.69) is 5.32 Å². The second kappa shape index (κ2) is 7.69. The van der Waals surface area contributed by atoms with Gasteiger partial charge in [-0.05, 0) is 36.0 Å². The van der Waals surface area contributed by atoms with Gasteiger partial charge in [0.25, 0.3) is 5.91 Å². The smallest absolute Gasteiger partial charge is 0.252 e. The van der Waals surface area contributed by atoms with E-state index in [0.717, 1.165) is 18.2 Å². The van der Waals surface area contributed by atoms with Crippen LogP contribution in [0.15, 0.2) is 47.4 Å². The summed E-state index contributed by atoms with van der Waals surface area (Å²) < 4.78 is 27.3. The Morgan fingerprint density at radius 2 is 1.62 bits per heavy atom. The number of amides is 2. The number of thioether (sulfide) groups is 1. The van der Waals surface area contributed by atoms with Gasteiger partial charge in [-0.3, -0.25) is 14.4 Å². The average Bonchev–Trinajstić information content (AvgIpc) is 2.53. The van der Waals surface area contributed by atoms with Gasteiger partial charge in [-0.2, -0.15) is 0 Å². The third-order valence-corrected chi connectivity index (χ3v) is 3.89. The maximum Gasteiger partial charge on any atom is 0.252 e. The molecule has 0 saturated carbocycles. The molecule has 8 heteroatoms. The highest BCUT2D eigenvalue weighted by Gasteiger charge is 2.21. The van der Waals surface area contributed by atoms with Crippen LogP contribution >= 0.6 is 11.8 Å².